The maximum atomic E-state index is 5.98. The van der Waals surface area contributed by atoms with Crippen molar-refractivity contribution < 1.29 is 4.74 Å². The van der Waals surface area contributed by atoms with Crippen LogP contribution < -0.4 is 10.6 Å². The van der Waals surface area contributed by atoms with E-state index in [1.165, 1.54) is 0 Å². The lowest BCUT2D eigenvalue weighted by Crippen LogP contribution is -2.39. The van der Waals surface area contributed by atoms with Gasteiger partial charge in [0.05, 0.1) is 13.2 Å². The average molecular weight is 369 g/mol. The van der Waals surface area contributed by atoms with E-state index < -0.39 is 0 Å². The summed E-state index contributed by atoms with van der Waals surface area (Å²) in [5, 5.41) is 7.06. The molecule has 0 radical (unpaired) electrons. The van der Waals surface area contributed by atoms with Gasteiger partial charge < -0.3 is 15.4 Å². The van der Waals surface area contributed by atoms with Crippen LogP contribution in [0.3, 0.4) is 0 Å². The van der Waals surface area contributed by atoms with E-state index in [4.69, 9.17) is 27.9 Å². The van der Waals surface area contributed by atoms with Crippen molar-refractivity contribution in [2.24, 2.45) is 0 Å². The number of benzene rings is 1. The molecule has 3 rings (SSSR count). The normalized spacial score (nSPS) is 15.2. The van der Waals surface area contributed by atoms with Crippen LogP contribution in [-0.2, 0) is 4.74 Å². The quantitative estimate of drug-likeness (QED) is 0.811. The molecule has 0 bridgehead atoms. The second-order valence-corrected chi connectivity index (χ2v) is 6.04. The molecular weight excluding hydrogens is 351 g/mol. The van der Waals surface area contributed by atoms with Crippen LogP contribution in [0.25, 0.3) is 0 Å². The zero-order valence-corrected chi connectivity index (χ0v) is 14.5. The van der Waals surface area contributed by atoms with Crippen LogP contribution in [0.5, 0.6) is 0 Å². The molecule has 9 heteroatoms. The number of nitrogens with one attached hydrogen (secondary N) is 2. The van der Waals surface area contributed by atoms with Crippen molar-refractivity contribution >= 4 is 40.8 Å². The van der Waals surface area contributed by atoms with Crippen LogP contribution in [0.2, 0.25) is 10.3 Å². The minimum Gasteiger partial charge on any atom is -0.379 e. The molecule has 128 valence electrons. The minimum atomic E-state index is 0.135. The van der Waals surface area contributed by atoms with Crippen molar-refractivity contribution in [2.45, 2.75) is 0 Å². The maximum absolute atomic E-state index is 5.98. The van der Waals surface area contributed by atoms with E-state index in [0.29, 0.717) is 16.9 Å². The summed E-state index contributed by atoms with van der Waals surface area (Å²) in [6.07, 6.45) is 0. The molecule has 0 saturated carbocycles. The Labute approximate surface area is 150 Å². The molecule has 2 N–H and O–H groups in total. The first-order valence-corrected chi connectivity index (χ1v) is 8.43. The van der Waals surface area contributed by atoms with E-state index in [1.807, 2.05) is 12.1 Å². The molecule has 1 fully saturated rings. The SMILES string of the molecule is Clc1ccc(Nc2nc(Cl)nc(NCCN3CCOCC3)n2)cc1. The topological polar surface area (TPSA) is 75.2 Å². The molecule has 0 atom stereocenters. The van der Waals surface area contributed by atoms with Crippen molar-refractivity contribution in [3.8, 4) is 0 Å². The molecule has 0 amide bonds. The summed E-state index contributed by atoms with van der Waals surface area (Å²) in [6.45, 7) is 5.08. The van der Waals surface area contributed by atoms with Crippen molar-refractivity contribution in [3.05, 3.63) is 34.6 Å². The van der Waals surface area contributed by atoms with Crippen LogP contribution >= 0.6 is 23.2 Å². The Kier molecular flexibility index (Phi) is 6.03. The van der Waals surface area contributed by atoms with Crippen LogP contribution in [-0.4, -0.2) is 59.2 Å². The first-order valence-electron chi connectivity index (χ1n) is 7.67. The third-order valence-electron chi connectivity index (χ3n) is 3.52. The van der Waals surface area contributed by atoms with Crippen LogP contribution in [0, 0.1) is 0 Å². The van der Waals surface area contributed by atoms with Gasteiger partial charge >= 0.3 is 0 Å². The Morgan fingerprint density at radius 1 is 1.00 bits per heavy atom. The first kappa shape index (κ1) is 17.2. The summed E-state index contributed by atoms with van der Waals surface area (Å²) in [5.74, 6) is 0.825. The highest BCUT2D eigenvalue weighted by Gasteiger charge is 2.10. The summed E-state index contributed by atoms with van der Waals surface area (Å²) in [5.41, 5.74) is 0.820. The summed E-state index contributed by atoms with van der Waals surface area (Å²) in [4.78, 5) is 14.8. The smallest absolute Gasteiger partial charge is 0.233 e. The number of ether oxygens (including phenoxy) is 1. The summed E-state index contributed by atoms with van der Waals surface area (Å²) >= 11 is 11.9. The molecule has 2 heterocycles. The molecule has 1 aromatic heterocycles. The second kappa shape index (κ2) is 8.43. The lowest BCUT2D eigenvalue weighted by Gasteiger charge is -2.26. The molecular formula is C15H18Cl2N6O. The van der Waals surface area contributed by atoms with Crippen LogP contribution in [0.15, 0.2) is 24.3 Å². The standard InChI is InChI=1S/C15H18Cl2N6O/c16-11-1-3-12(4-2-11)19-15-21-13(17)20-14(22-15)18-5-6-23-7-9-24-10-8-23/h1-4H,5-10H2,(H2,18,19,20,21,22). The Balaban J connectivity index is 1.57. The van der Waals surface area contributed by atoms with E-state index in [1.54, 1.807) is 12.1 Å². The molecule has 24 heavy (non-hydrogen) atoms. The third-order valence-corrected chi connectivity index (χ3v) is 3.94. The highest BCUT2D eigenvalue weighted by atomic mass is 35.5. The van der Waals surface area contributed by atoms with E-state index in [9.17, 15) is 0 Å². The molecule has 7 nitrogen and oxygen atoms in total. The largest absolute Gasteiger partial charge is 0.379 e. The lowest BCUT2D eigenvalue weighted by molar-refractivity contribution is 0.0398. The van der Waals surface area contributed by atoms with Gasteiger partial charge in [0.15, 0.2) is 0 Å². The van der Waals surface area contributed by atoms with Crippen molar-refractivity contribution in [1.82, 2.24) is 19.9 Å². The van der Waals surface area contributed by atoms with Crippen LogP contribution in [0.1, 0.15) is 0 Å². The zero-order valence-electron chi connectivity index (χ0n) is 13.0. The number of hydrogen-bond acceptors (Lipinski definition) is 7. The third kappa shape index (κ3) is 5.17. The molecule has 0 spiro atoms. The lowest BCUT2D eigenvalue weighted by atomic mass is 10.3. The molecule has 1 aromatic carbocycles. The number of hydrogen-bond donors (Lipinski definition) is 2. The maximum Gasteiger partial charge on any atom is 0.233 e. The number of nitrogens with zero attached hydrogens (tertiary/aromatic N) is 4. The van der Waals surface area contributed by atoms with E-state index >= 15 is 0 Å². The highest BCUT2D eigenvalue weighted by molar-refractivity contribution is 6.30. The van der Waals surface area contributed by atoms with Gasteiger partial charge in [0.2, 0.25) is 17.2 Å². The molecule has 2 aromatic rings. The van der Waals surface area contributed by atoms with Gasteiger partial charge in [-0.2, -0.15) is 15.0 Å². The van der Waals surface area contributed by atoms with Gasteiger partial charge in [-0.05, 0) is 35.9 Å². The molecule has 0 unspecified atom stereocenters. The van der Waals surface area contributed by atoms with Crippen molar-refractivity contribution in [1.29, 1.82) is 0 Å². The van der Waals surface area contributed by atoms with E-state index in [-0.39, 0.29) is 5.28 Å². The zero-order chi connectivity index (χ0) is 16.8. The highest BCUT2D eigenvalue weighted by Crippen LogP contribution is 2.18. The number of anilines is 3. The monoisotopic (exact) mass is 368 g/mol. The van der Waals surface area contributed by atoms with Crippen LogP contribution in [0.4, 0.5) is 17.6 Å². The Hall–Kier alpha value is -1.67. The Morgan fingerprint density at radius 3 is 2.46 bits per heavy atom. The van der Waals surface area contributed by atoms with Gasteiger partial charge in [0.25, 0.3) is 0 Å². The Bertz CT molecular complexity index is 664. The van der Waals surface area contributed by atoms with Gasteiger partial charge in [0.1, 0.15) is 0 Å². The van der Waals surface area contributed by atoms with Gasteiger partial charge in [-0.15, -0.1) is 0 Å². The molecule has 0 aliphatic carbocycles. The number of halogens is 2. The fourth-order valence-electron chi connectivity index (χ4n) is 2.30. The average Bonchev–Trinajstić information content (AvgIpc) is 2.57. The van der Waals surface area contributed by atoms with Gasteiger partial charge in [-0.1, -0.05) is 11.6 Å². The van der Waals surface area contributed by atoms with Gasteiger partial charge in [-0.3, -0.25) is 4.90 Å². The number of rotatable bonds is 6. The predicted octanol–water partition coefficient (Wildman–Crippen LogP) is 2.67. The summed E-state index contributed by atoms with van der Waals surface area (Å²) < 4.78 is 5.33. The molecule has 1 aliphatic heterocycles. The number of morpholine rings is 1. The van der Waals surface area contributed by atoms with Crippen molar-refractivity contribution in [3.63, 3.8) is 0 Å². The van der Waals surface area contributed by atoms with E-state index in [2.05, 4.69) is 30.5 Å². The molecule has 1 saturated heterocycles. The fraction of sp³-hybridized carbons (Fsp3) is 0.400. The summed E-state index contributed by atoms with van der Waals surface area (Å²) in [6, 6.07) is 7.25. The number of aromatic nitrogens is 3. The fourth-order valence-corrected chi connectivity index (χ4v) is 2.58. The first-order chi connectivity index (χ1) is 11.7. The minimum absolute atomic E-state index is 0.135. The summed E-state index contributed by atoms with van der Waals surface area (Å²) in [7, 11) is 0. The van der Waals surface area contributed by atoms with Gasteiger partial charge in [-0.25, -0.2) is 0 Å². The Morgan fingerprint density at radius 2 is 1.71 bits per heavy atom. The van der Waals surface area contributed by atoms with E-state index in [0.717, 1.165) is 45.1 Å². The van der Waals surface area contributed by atoms with Gasteiger partial charge in [0, 0.05) is 36.9 Å². The second-order valence-electron chi connectivity index (χ2n) is 5.26. The predicted molar refractivity (Wildman–Crippen MR) is 95.3 cm³/mol. The molecule has 1 aliphatic rings. The van der Waals surface area contributed by atoms with Crippen molar-refractivity contribution in [2.75, 3.05) is 50.0 Å².